The fourth-order valence-electron chi connectivity index (χ4n) is 3.17. The van der Waals surface area contributed by atoms with Crippen LogP contribution in [-0.4, -0.2) is 33.7 Å². The summed E-state index contributed by atoms with van der Waals surface area (Å²) in [4.78, 5) is 12.1. The molecule has 0 saturated heterocycles. The van der Waals surface area contributed by atoms with Crippen LogP contribution in [0.15, 0.2) is 54.9 Å². The van der Waals surface area contributed by atoms with Gasteiger partial charge in [-0.05, 0) is 18.2 Å². The summed E-state index contributed by atoms with van der Waals surface area (Å²) in [6.07, 6.45) is -2.03. The van der Waals surface area contributed by atoms with Gasteiger partial charge in [0, 0.05) is 18.2 Å². The predicted molar refractivity (Wildman–Crippen MR) is 109 cm³/mol. The van der Waals surface area contributed by atoms with E-state index in [0.29, 0.717) is 18.1 Å². The summed E-state index contributed by atoms with van der Waals surface area (Å²) in [5.74, 6) is 0.458. The number of hydrogen-bond acceptors (Lipinski definition) is 6. The second kappa shape index (κ2) is 8.13. The Labute approximate surface area is 175 Å². The van der Waals surface area contributed by atoms with Gasteiger partial charge in [-0.15, -0.1) is 0 Å². The first kappa shape index (κ1) is 20.5. The van der Waals surface area contributed by atoms with E-state index >= 15 is 0 Å². The average Bonchev–Trinajstić information content (AvgIpc) is 3.17. The van der Waals surface area contributed by atoms with E-state index in [4.69, 9.17) is 9.47 Å². The molecule has 160 valence electrons. The minimum absolute atomic E-state index is 0.00262. The highest BCUT2D eigenvalue weighted by molar-refractivity contribution is 5.79. The molecule has 0 unspecified atom stereocenters. The lowest BCUT2D eigenvalue weighted by molar-refractivity contribution is -0.145. The maximum atomic E-state index is 13.6. The Kier molecular flexibility index (Phi) is 5.37. The molecule has 10 heteroatoms. The van der Waals surface area contributed by atoms with E-state index in [0.717, 1.165) is 15.9 Å². The smallest absolute Gasteiger partial charge is 0.450 e. The quantitative estimate of drug-likeness (QED) is 0.488. The van der Waals surface area contributed by atoms with Crippen LogP contribution in [0.3, 0.4) is 0 Å². The topological polar surface area (TPSA) is 74.1 Å². The highest BCUT2D eigenvalue weighted by atomic mass is 19.4. The Morgan fingerprint density at radius 3 is 2.48 bits per heavy atom. The lowest BCUT2D eigenvalue weighted by Crippen LogP contribution is -2.15. The molecule has 0 spiro atoms. The second-order valence-corrected chi connectivity index (χ2v) is 6.55. The largest absolute Gasteiger partial charge is 0.497 e. The highest BCUT2D eigenvalue weighted by Gasteiger charge is 2.38. The molecule has 0 aliphatic heterocycles. The van der Waals surface area contributed by atoms with Crippen molar-refractivity contribution in [3.8, 4) is 17.3 Å². The summed E-state index contributed by atoms with van der Waals surface area (Å²) in [7, 11) is 3.02. The zero-order chi connectivity index (χ0) is 22.0. The number of hydrogen-bond donors (Lipinski definition) is 1. The molecule has 0 atom stereocenters. The fraction of sp³-hybridized carbons (Fsp3) is 0.190. The average molecular weight is 429 g/mol. The van der Waals surface area contributed by atoms with Crippen molar-refractivity contribution in [2.24, 2.45) is 0 Å². The zero-order valence-electron chi connectivity index (χ0n) is 16.6. The van der Waals surface area contributed by atoms with Gasteiger partial charge < -0.3 is 14.8 Å². The van der Waals surface area contributed by atoms with Crippen molar-refractivity contribution in [1.29, 1.82) is 0 Å². The molecule has 31 heavy (non-hydrogen) atoms. The number of nitrogens with one attached hydrogen (secondary N) is 1. The summed E-state index contributed by atoms with van der Waals surface area (Å²) < 4.78 is 52.2. The minimum atomic E-state index is -4.67. The van der Waals surface area contributed by atoms with Gasteiger partial charge in [-0.1, -0.05) is 18.2 Å². The zero-order valence-corrected chi connectivity index (χ0v) is 16.6. The molecule has 0 bridgehead atoms. The number of halogens is 3. The third-order valence-electron chi connectivity index (χ3n) is 4.63. The molecule has 0 saturated carbocycles. The first-order valence-corrected chi connectivity index (χ1v) is 9.22. The third-order valence-corrected chi connectivity index (χ3v) is 4.63. The molecule has 2 aromatic carbocycles. The number of aromatic nitrogens is 4. The lowest BCUT2D eigenvalue weighted by atomic mass is 10.2. The maximum absolute atomic E-state index is 13.6. The fourth-order valence-corrected chi connectivity index (χ4v) is 3.17. The number of benzene rings is 2. The van der Waals surface area contributed by atoms with Gasteiger partial charge in [0.05, 0.1) is 37.6 Å². The van der Waals surface area contributed by atoms with Crippen LogP contribution in [0.1, 0.15) is 11.4 Å². The first-order chi connectivity index (χ1) is 14.9. The van der Waals surface area contributed by atoms with Gasteiger partial charge in [0.25, 0.3) is 0 Å². The van der Waals surface area contributed by atoms with Gasteiger partial charge in [-0.3, -0.25) is 4.57 Å². The van der Waals surface area contributed by atoms with E-state index in [2.05, 4.69) is 20.3 Å². The Morgan fingerprint density at radius 2 is 1.81 bits per heavy atom. The molecule has 0 amide bonds. The molecular formula is C21H18F3N5O2. The van der Waals surface area contributed by atoms with E-state index in [1.165, 1.54) is 31.6 Å². The number of alkyl halides is 3. The van der Waals surface area contributed by atoms with Crippen molar-refractivity contribution in [3.63, 3.8) is 0 Å². The van der Waals surface area contributed by atoms with Crippen LogP contribution in [0.2, 0.25) is 0 Å². The van der Waals surface area contributed by atoms with Crippen LogP contribution in [0, 0.1) is 0 Å². The normalized spacial score (nSPS) is 11.5. The van der Waals surface area contributed by atoms with Gasteiger partial charge in [0.15, 0.2) is 5.82 Å². The Morgan fingerprint density at radius 1 is 1.00 bits per heavy atom. The van der Waals surface area contributed by atoms with Crippen molar-refractivity contribution in [2.75, 3.05) is 19.5 Å². The Balaban J connectivity index is 1.65. The number of fused-ring (bicyclic) bond motifs is 1. The predicted octanol–water partition coefficient (Wildman–Crippen LogP) is 4.46. The molecule has 1 N–H and O–H groups in total. The van der Waals surface area contributed by atoms with E-state index in [1.54, 1.807) is 13.2 Å². The molecular weight excluding hydrogens is 411 g/mol. The van der Waals surface area contributed by atoms with Gasteiger partial charge in [-0.25, -0.2) is 15.0 Å². The van der Waals surface area contributed by atoms with Gasteiger partial charge in [-0.2, -0.15) is 13.2 Å². The molecule has 2 aromatic heterocycles. The number of rotatable bonds is 6. The van der Waals surface area contributed by atoms with Crippen LogP contribution in [0.25, 0.3) is 16.9 Å². The standard InChI is InChI=1S/C21H18F3N5O2/c1-30-14-7-8-16-15(9-14)28-20(21(22,23)24)29(16)19-12-26-18(11-27-19)25-10-13-5-3-4-6-17(13)31-2/h3-9,11-12H,10H2,1-2H3,(H,25,26). The van der Waals surface area contributed by atoms with E-state index in [9.17, 15) is 13.2 Å². The molecule has 2 heterocycles. The van der Waals surface area contributed by atoms with Crippen molar-refractivity contribution in [2.45, 2.75) is 12.7 Å². The van der Waals surface area contributed by atoms with Crippen molar-refractivity contribution < 1.29 is 22.6 Å². The molecule has 4 rings (SSSR count). The summed E-state index contributed by atoms with van der Waals surface area (Å²) in [5.41, 5.74) is 1.30. The Hall–Kier alpha value is -3.82. The van der Waals surface area contributed by atoms with Gasteiger partial charge >= 0.3 is 6.18 Å². The van der Waals surface area contributed by atoms with Gasteiger partial charge in [0.2, 0.25) is 5.82 Å². The molecule has 0 fully saturated rings. The molecule has 0 radical (unpaired) electrons. The molecule has 4 aromatic rings. The number of ether oxygens (including phenoxy) is 2. The first-order valence-electron chi connectivity index (χ1n) is 9.22. The van der Waals surface area contributed by atoms with Crippen molar-refractivity contribution >= 4 is 16.9 Å². The summed E-state index contributed by atoms with van der Waals surface area (Å²) in [5, 5.41) is 3.09. The van der Waals surface area contributed by atoms with Crippen LogP contribution < -0.4 is 14.8 Å². The maximum Gasteiger partial charge on any atom is 0.450 e. The Bertz CT molecular complexity index is 1210. The molecule has 0 aliphatic carbocycles. The monoisotopic (exact) mass is 429 g/mol. The number of anilines is 1. The van der Waals surface area contributed by atoms with E-state index in [1.807, 2.05) is 24.3 Å². The lowest BCUT2D eigenvalue weighted by Gasteiger charge is -2.12. The van der Waals surface area contributed by atoms with E-state index < -0.39 is 12.0 Å². The van der Waals surface area contributed by atoms with Crippen molar-refractivity contribution in [1.82, 2.24) is 19.5 Å². The van der Waals surface area contributed by atoms with Gasteiger partial charge in [0.1, 0.15) is 17.3 Å². The van der Waals surface area contributed by atoms with Crippen LogP contribution in [-0.2, 0) is 12.7 Å². The molecule has 7 nitrogen and oxygen atoms in total. The number of methoxy groups -OCH3 is 2. The summed E-state index contributed by atoms with van der Waals surface area (Å²) >= 11 is 0. The third kappa shape index (κ3) is 4.09. The van der Waals surface area contributed by atoms with E-state index in [-0.39, 0.29) is 16.9 Å². The summed E-state index contributed by atoms with van der Waals surface area (Å²) in [6, 6.07) is 12.0. The minimum Gasteiger partial charge on any atom is -0.497 e. The van der Waals surface area contributed by atoms with Crippen LogP contribution in [0.4, 0.5) is 19.0 Å². The SMILES string of the molecule is COc1ccc2c(c1)nc(C(F)(F)F)n2-c1cnc(NCc2ccccc2OC)cn1. The second-order valence-electron chi connectivity index (χ2n) is 6.55. The number of nitrogens with zero attached hydrogens (tertiary/aromatic N) is 4. The van der Waals surface area contributed by atoms with Crippen LogP contribution in [0.5, 0.6) is 11.5 Å². The van der Waals surface area contributed by atoms with Crippen LogP contribution >= 0.6 is 0 Å². The molecule has 0 aliphatic rings. The summed E-state index contributed by atoms with van der Waals surface area (Å²) in [6.45, 7) is 0.416. The van der Waals surface area contributed by atoms with Crippen molar-refractivity contribution in [3.05, 3.63) is 66.2 Å². The number of para-hydroxylation sites is 1. The number of imidazole rings is 1. The highest BCUT2D eigenvalue weighted by Crippen LogP contribution is 2.34.